The second-order valence-corrected chi connectivity index (χ2v) is 9.15. The van der Waals surface area contributed by atoms with Crippen molar-refractivity contribution in [2.24, 2.45) is 5.92 Å². The first-order valence-corrected chi connectivity index (χ1v) is 10.1. The third-order valence-corrected chi connectivity index (χ3v) is 6.00. The van der Waals surface area contributed by atoms with Crippen molar-refractivity contribution >= 4 is 41.9 Å². The zero-order valence-electron chi connectivity index (χ0n) is 11.7. The number of hydrogen-bond donors (Lipinski definition) is 1. The van der Waals surface area contributed by atoms with Crippen LogP contribution in [-0.4, -0.2) is 42.2 Å². The fourth-order valence-electron chi connectivity index (χ4n) is 2.62. The molecule has 0 radical (unpaired) electrons. The minimum atomic E-state index is -3.15. The summed E-state index contributed by atoms with van der Waals surface area (Å²) in [6, 6.07) is 1.84. The molecule has 2 heterocycles. The van der Waals surface area contributed by atoms with Gasteiger partial charge in [-0.25, -0.2) is 12.7 Å². The zero-order valence-corrected chi connectivity index (χ0v) is 15.7. The van der Waals surface area contributed by atoms with E-state index >= 15 is 0 Å². The Morgan fingerprint density at radius 1 is 1.52 bits per heavy atom. The van der Waals surface area contributed by atoms with Crippen LogP contribution in [0.2, 0.25) is 0 Å². The fraction of sp³-hybridized carbons (Fsp3) is 0.615. The summed E-state index contributed by atoms with van der Waals surface area (Å²) in [5, 5.41) is 10.4. The SMILES string of the molecule is CS(=O)(=O)N1CCCC(CC(O)c2ncc(Br)cc2Br)C1. The Bertz CT molecular complexity index is 609. The molecule has 1 aliphatic rings. The molecule has 21 heavy (non-hydrogen) atoms. The molecule has 1 N–H and O–H groups in total. The van der Waals surface area contributed by atoms with Crippen LogP contribution in [0.15, 0.2) is 21.2 Å². The lowest BCUT2D eigenvalue weighted by atomic mass is 9.92. The van der Waals surface area contributed by atoms with Gasteiger partial charge in [0.05, 0.1) is 18.1 Å². The zero-order chi connectivity index (χ0) is 15.6. The van der Waals surface area contributed by atoms with E-state index in [4.69, 9.17) is 0 Å². The molecule has 8 heteroatoms. The van der Waals surface area contributed by atoms with Gasteiger partial charge >= 0.3 is 0 Å². The van der Waals surface area contributed by atoms with E-state index in [1.807, 2.05) is 6.07 Å². The number of hydrogen-bond acceptors (Lipinski definition) is 4. The number of nitrogens with zero attached hydrogens (tertiary/aromatic N) is 2. The number of rotatable bonds is 4. The molecule has 1 aliphatic heterocycles. The van der Waals surface area contributed by atoms with Crippen LogP contribution < -0.4 is 0 Å². The van der Waals surface area contributed by atoms with Gasteiger partial charge < -0.3 is 5.11 Å². The van der Waals surface area contributed by atoms with Crippen molar-refractivity contribution in [3.8, 4) is 0 Å². The Morgan fingerprint density at radius 3 is 2.86 bits per heavy atom. The van der Waals surface area contributed by atoms with E-state index in [2.05, 4.69) is 36.8 Å². The topological polar surface area (TPSA) is 70.5 Å². The van der Waals surface area contributed by atoms with Crippen LogP contribution in [0.25, 0.3) is 0 Å². The van der Waals surface area contributed by atoms with Gasteiger partial charge in [0.15, 0.2) is 0 Å². The molecule has 2 rings (SSSR count). The number of aliphatic hydroxyl groups excluding tert-OH is 1. The maximum atomic E-state index is 11.6. The summed E-state index contributed by atoms with van der Waals surface area (Å²) in [6.07, 6.45) is 4.46. The highest BCUT2D eigenvalue weighted by Gasteiger charge is 2.28. The lowest BCUT2D eigenvalue weighted by Crippen LogP contribution is -2.39. The van der Waals surface area contributed by atoms with E-state index in [0.717, 1.165) is 21.8 Å². The monoisotopic (exact) mass is 440 g/mol. The number of piperidine rings is 1. The van der Waals surface area contributed by atoms with Crippen molar-refractivity contribution in [2.45, 2.75) is 25.4 Å². The largest absolute Gasteiger partial charge is 0.387 e. The summed E-state index contributed by atoms with van der Waals surface area (Å²) in [4.78, 5) is 4.24. The van der Waals surface area contributed by atoms with Gasteiger partial charge in [-0.3, -0.25) is 4.98 Å². The first-order chi connectivity index (χ1) is 9.77. The van der Waals surface area contributed by atoms with E-state index < -0.39 is 16.1 Å². The lowest BCUT2D eigenvalue weighted by Gasteiger charge is -2.32. The van der Waals surface area contributed by atoms with Gasteiger partial charge in [-0.05, 0) is 63.1 Å². The molecule has 5 nitrogen and oxygen atoms in total. The average molecular weight is 442 g/mol. The van der Waals surface area contributed by atoms with Gasteiger partial charge in [0.2, 0.25) is 10.0 Å². The summed E-state index contributed by atoms with van der Waals surface area (Å²) >= 11 is 6.72. The molecule has 1 fully saturated rings. The van der Waals surface area contributed by atoms with Gasteiger partial charge in [0.1, 0.15) is 0 Å². The van der Waals surface area contributed by atoms with Gasteiger partial charge in [0, 0.05) is 28.2 Å². The number of aromatic nitrogens is 1. The third-order valence-electron chi connectivity index (χ3n) is 3.66. The smallest absolute Gasteiger partial charge is 0.211 e. The molecular formula is C13H18Br2N2O3S. The Morgan fingerprint density at radius 2 is 2.24 bits per heavy atom. The minimum absolute atomic E-state index is 0.154. The Balaban J connectivity index is 2.03. The molecule has 1 aromatic heterocycles. The van der Waals surface area contributed by atoms with E-state index in [1.165, 1.54) is 10.6 Å². The molecular weight excluding hydrogens is 424 g/mol. The molecule has 0 aliphatic carbocycles. The molecule has 118 valence electrons. The van der Waals surface area contributed by atoms with Crippen molar-refractivity contribution in [3.63, 3.8) is 0 Å². The standard InChI is InChI=1S/C13H18Br2N2O3S/c1-21(19,20)17-4-2-3-9(8-17)5-12(18)13-11(15)6-10(14)7-16-13/h6-7,9,12,18H,2-5,8H2,1H3. The number of aliphatic hydroxyl groups is 1. The van der Waals surface area contributed by atoms with Crippen molar-refractivity contribution in [2.75, 3.05) is 19.3 Å². The molecule has 0 amide bonds. The molecule has 0 aromatic carbocycles. The molecule has 2 atom stereocenters. The molecule has 0 spiro atoms. The highest BCUT2D eigenvalue weighted by Crippen LogP contribution is 2.31. The Hall–Kier alpha value is -0.0200. The predicted octanol–water partition coefficient (Wildman–Crippen LogP) is 2.70. The van der Waals surface area contributed by atoms with Crippen molar-refractivity contribution in [1.29, 1.82) is 0 Å². The number of sulfonamides is 1. The Kier molecular flexibility index (Phi) is 5.81. The highest BCUT2D eigenvalue weighted by atomic mass is 79.9. The second-order valence-electron chi connectivity index (χ2n) is 5.40. The average Bonchev–Trinajstić information content (AvgIpc) is 2.37. The van der Waals surface area contributed by atoms with Crippen LogP contribution >= 0.6 is 31.9 Å². The van der Waals surface area contributed by atoms with Gasteiger partial charge in [-0.1, -0.05) is 0 Å². The van der Waals surface area contributed by atoms with Crippen molar-refractivity contribution in [3.05, 3.63) is 26.9 Å². The van der Waals surface area contributed by atoms with Crippen LogP contribution in [0.4, 0.5) is 0 Å². The number of pyridine rings is 1. The summed E-state index contributed by atoms with van der Waals surface area (Å²) in [5.41, 5.74) is 0.592. The third kappa shape index (κ3) is 4.72. The molecule has 1 aromatic rings. The summed E-state index contributed by atoms with van der Waals surface area (Å²) in [5.74, 6) is 0.154. The first kappa shape index (κ1) is 17.3. The quantitative estimate of drug-likeness (QED) is 0.779. The van der Waals surface area contributed by atoms with E-state index in [9.17, 15) is 13.5 Å². The van der Waals surface area contributed by atoms with Crippen molar-refractivity contribution in [1.82, 2.24) is 9.29 Å². The second kappa shape index (κ2) is 7.04. The molecule has 0 bridgehead atoms. The summed E-state index contributed by atoms with van der Waals surface area (Å²) < 4.78 is 26.3. The van der Waals surface area contributed by atoms with Crippen molar-refractivity contribution < 1.29 is 13.5 Å². The maximum absolute atomic E-state index is 11.6. The summed E-state index contributed by atoms with van der Waals surface area (Å²) in [6.45, 7) is 1.05. The van der Waals surface area contributed by atoms with Gasteiger partial charge in [-0.15, -0.1) is 0 Å². The molecule has 0 saturated carbocycles. The first-order valence-electron chi connectivity index (χ1n) is 6.71. The van der Waals surface area contributed by atoms with E-state index in [1.54, 1.807) is 6.20 Å². The van der Waals surface area contributed by atoms with E-state index in [-0.39, 0.29) is 5.92 Å². The fourth-order valence-corrected chi connectivity index (χ4v) is 4.81. The van der Waals surface area contributed by atoms with Crippen LogP contribution in [0, 0.1) is 5.92 Å². The van der Waals surface area contributed by atoms with Gasteiger partial charge in [0.25, 0.3) is 0 Å². The lowest BCUT2D eigenvalue weighted by molar-refractivity contribution is 0.118. The molecule has 1 saturated heterocycles. The van der Waals surface area contributed by atoms with E-state index in [0.29, 0.717) is 25.2 Å². The minimum Gasteiger partial charge on any atom is -0.387 e. The van der Waals surface area contributed by atoms with Crippen LogP contribution in [0.5, 0.6) is 0 Å². The van der Waals surface area contributed by atoms with Crippen LogP contribution in [0.3, 0.4) is 0 Å². The Labute approximate surface area is 142 Å². The maximum Gasteiger partial charge on any atom is 0.211 e. The van der Waals surface area contributed by atoms with Crippen LogP contribution in [-0.2, 0) is 10.0 Å². The normalized spacial score (nSPS) is 22.2. The summed E-state index contributed by atoms with van der Waals surface area (Å²) in [7, 11) is -3.15. The highest BCUT2D eigenvalue weighted by molar-refractivity contribution is 9.11. The van der Waals surface area contributed by atoms with Crippen LogP contribution in [0.1, 0.15) is 31.1 Å². The van der Waals surface area contributed by atoms with Gasteiger partial charge in [-0.2, -0.15) is 0 Å². The number of halogens is 2. The predicted molar refractivity (Wildman–Crippen MR) is 88.4 cm³/mol. The molecule has 2 unspecified atom stereocenters.